The van der Waals surface area contributed by atoms with Crippen LogP contribution in [0.5, 0.6) is 0 Å². The molecule has 9 nitrogen and oxygen atoms in total. The van der Waals surface area contributed by atoms with Gasteiger partial charge >= 0.3 is 5.97 Å². The van der Waals surface area contributed by atoms with Gasteiger partial charge in [-0.2, -0.15) is 0 Å². The van der Waals surface area contributed by atoms with Crippen molar-refractivity contribution in [3.8, 4) is 17.1 Å². The number of benzene rings is 2. The van der Waals surface area contributed by atoms with Gasteiger partial charge < -0.3 is 9.64 Å². The van der Waals surface area contributed by atoms with Gasteiger partial charge in [0.1, 0.15) is 0 Å². The van der Waals surface area contributed by atoms with Crippen LogP contribution in [0.1, 0.15) is 24.0 Å². The topological polar surface area (TPSA) is 111 Å². The molecule has 1 aliphatic heterocycles. The zero-order valence-corrected chi connectivity index (χ0v) is 18.9. The van der Waals surface area contributed by atoms with Gasteiger partial charge in [-0.05, 0) is 25.5 Å². The molecular weight excluding hydrogens is 444 g/mol. The van der Waals surface area contributed by atoms with E-state index < -0.39 is 34.4 Å². The highest BCUT2D eigenvalue weighted by atomic mass is 32.2. The molecule has 0 spiro atoms. The molecule has 0 saturated carbocycles. The molecule has 1 aliphatic rings. The second-order valence-corrected chi connectivity index (χ2v) is 9.91. The minimum Gasteiger partial charge on any atom is -0.450 e. The third-order valence-electron chi connectivity index (χ3n) is 5.46. The predicted molar refractivity (Wildman–Crippen MR) is 122 cm³/mol. The van der Waals surface area contributed by atoms with E-state index in [1.165, 1.54) is 4.90 Å². The minimum atomic E-state index is -3.14. The van der Waals surface area contributed by atoms with Gasteiger partial charge in [0.05, 0.1) is 17.2 Å². The second-order valence-electron chi connectivity index (χ2n) is 7.69. The van der Waals surface area contributed by atoms with Gasteiger partial charge in [-0.15, -0.1) is 5.10 Å². The first-order valence-electron chi connectivity index (χ1n) is 10.6. The zero-order valence-electron chi connectivity index (χ0n) is 18.1. The summed E-state index contributed by atoms with van der Waals surface area (Å²) in [4.78, 5) is 31.1. The molecule has 2 aromatic carbocycles. The van der Waals surface area contributed by atoms with Crippen molar-refractivity contribution in [3.05, 3.63) is 66.5 Å². The highest BCUT2D eigenvalue weighted by Gasteiger charge is 2.34. The smallest absolute Gasteiger partial charge is 0.378 e. The van der Waals surface area contributed by atoms with Crippen LogP contribution < -0.4 is 0 Å². The molecule has 4 rings (SSSR count). The molecule has 1 atom stereocenters. The Bertz CT molecular complexity index is 1190. The van der Waals surface area contributed by atoms with Crippen LogP contribution in [0.4, 0.5) is 0 Å². The van der Waals surface area contributed by atoms with Crippen molar-refractivity contribution in [2.45, 2.75) is 19.4 Å². The van der Waals surface area contributed by atoms with Crippen molar-refractivity contribution in [1.29, 1.82) is 0 Å². The number of carbonyl (C=O) groups excluding carboxylic acids is 2. The lowest BCUT2D eigenvalue weighted by Crippen LogP contribution is -2.43. The molecule has 0 aliphatic carbocycles. The Kier molecular flexibility index (Phi) is 6.55. The van der Waals surface area contributed by atoms with Gasteiger partial charge in [0, 0.05) is 18.2 Å². The molecule has 1 aromatic heterocycles. The van der Waals surface area contributed by atoms with Gasteiger partial charge in [0.2, 0.25) is 0 Å². The highest BCUT2D eigenvalue weighted by Crippen LogP contribution is 2.21. The van der Waals surface area contributed by atoms with Gasteiger partial charge in [-0.25, -0.2) is 22.9 Å². The molecule has 1 amide bonds. The molecule has 0 bridgehead atoms. The first-order chi connectivity index (χ1) is 15.9. The normalized spacial score (nSPS) is 16.9. The van der Waals surface area contributed by atoms with E-state index >= 15 is 0 Å². The summed E-state index contributed by atoms with van der Waals surface area (Å²) in [6, 6.07) is 18.2. The predicted octanol–water partition coefficient (Wildman–Crippen LogP) is 2.13. The van der Waals surface area contributed by atoms with Gasteiger partial charge in [-0.3, -0.25) is 4.79 Å². The Labute approximate surface area is 191 Å². The first kappa shape index (κ1) is 22.7. The number of aromatic nitrogens is 3. The maximum Gasteiger partial charge on any atom is 0.378 e. The highest BCUT2D eigenvalue weighted by molar-refractivity contribution is 7.91. The van der Waals surface area contributed by atoms with E-state index in [4.69, 9.17) is 4.74 Å². The summed E-state index contributed by atoms with van der Waals surface area (Å²) in [7, 11) is -3.14. The Hall–Kier alpha value is -3.53. The summed E-state index contributed by atoms with van der Waals surface area (Å²) in [6.07, 6.45) is 0.388. The Morgan fingerprint density at radius 3 is 2.36 bits per heavy atom. The van der Waals surface area contributed by atoms with E-state index in [1.807, 2.05) is 60.7 Å². The summed E-state index contributed by atoms with van der Waals surface area (Å²) < 4.78 is 30.3. The fourth-order valence-corrected chi connectivity index (χ4v) is 5.59. The molecule has 1 fully saturated rings. The average Bonchev–Trinajstić information content (AvgIpc) is 3.43. The standard InChI is InChI=1S/C23H24N4O5S/c1-2-26(19-13-14-33(30,31)16-19)20(28)15-32-23(29)21-24-22(17-9-5-3-6-10-17)27(25-21)18-11-7-4-8-12-18/h3-12,19H,2,13-16H2,1H3. The summed E-state index contributed by atoms with van der Waals surface area (Å²) >= 11 is 0. The van der Waals surface area contributed by atoms with Crippen LogP contribution in [0.25, 0.3) is 17.1 Å². The van der Waals surface area contributed by atoms with E-state index in [2.05, 4.69) is 10.1 Å². The SMILES string of the molecule is CCN(C(=O)COC(=O)c1nc(-c2ccccc2)n(-c2ccccc2)n1)C1CCS(=O)(=O)C1. The number of carbonyl (C=O) groups is 2. The largest absolute Gasteiger partial charge is 0.450 e. The quantitative estimate of drug-likeness (QED) is 0.488. The number of likely N-dealkylation sites (N-methyl/N-ethyl adjacent to an activating group) is 1. The number of rotatable bonds is 7. The molecule has 10 heteroatoms. The summed E-state index contributed by atoms with van der Waals surface area (Å²) in [5.74, 6) is -0.985. The third-order valence-corrected chi connectivity index (χ3v) is 7.21. The molecular formula is C23H24N4O5S. The monoisotopic (exact) mass is 468 g/mol. The molecule has 172 valence electrons. The maximum absolute atomic E-state index is 12.7. The van der Waals surface area contributed by atoms with Crippen LogP contribution in [0.3, 0.4) is 0 Å². The van der Waals surface area contributed by atoms with Crippen molar-refractivity contribution < 1.29 is 22.7 Å². The zero-order chi connectivity index (χ0) is 23.4. The van der Waals surface area contributed by atoms with Crippen LogP contribution in [0, 0.1) is 0 Å². The Morgan fingerprint density at radius 2 is 1.76 bits per heavy atom. The van der Waals surface area contributed by atoms with E-state index in [0.717, 1.165) is 11.3 Å². The molecule has 33 heavy (non-hydrogen) atoms. The molecule has 0 radical (unpaired) electrons. The molecule has 0 N–H and O–H groups in total. The van der Waals surface area contributed by atoms with Crippen molar-refractivity contribution >= 4 is 21.7 Å². The van der Waals surface area contributed by atoms with Crippen LogP contribution in [-0.4, -0.2) is 70.7 Å². The molecule has 3 aromatic rings. The Balaban J connectivity index is 1.51. The first-order valence-corrected chi connectivity index (χ1v) is 12.4. The van der Waals surface area contributed by atoms with Gasteiger partial charge in [-0.1, -0.05) is 48.5 Å². The number of amides is 1. The van der Waals surface area contributed by atoms with E-state index in [9.17, 15) is 18.0 Å². The van der Waals surface area contributed by atoms with Crippen molar-refractivity contribution in [1.82, 2.24) is 19.7 Å². The van der Waals surface area contributed by atoms with Crippen molar-refractivity contribution in [2.75, 3.05) is 24.7 Å². The van der Waals surface area contributed by atoms with E-state index in [1.54, 1.807) is 11.6 Å². The number of sulfone groups is 1. The van der Waals surface area contributed by atoms with E-state index in [-0.39, 0.29) is 17.3 Å². The van der Waals surface area contributed by atoms with Crippen molar-refractivity contribution in [3.63, 3.8) is 0 Å². The van der Waals surface area contributed by atoms with Gasteiger partial charge in [0.25, 0.3) is 11.7 Å². The summed E-state index contributed by atoms with van der Waals surface area (Å²) in [5.41, 5.74) is 1.49. The number of para-hydroxylation sites is 1. The number of ether oxygens (including phenoxy) is 1. The lowest BCUT2D eigenvalue weighted by atomic mass is 10.2. The lowest BCUT2D eigenvalue weighted by Gasteiger charge is -2.26. The lowest BCUT2D eigenvalue weighted by molar-refractivity contribution is -0.136. The average molecular weight is 469 g/mol. The fraction of sp³-hybridized carbons (Fsp3) is 0.304. The van der Waals surface area contributed by atoms with Crippen LogP contribution >= 0.6 is 0 Å². The van der Waals surface area contributed by atoms with E-state index in [0.29, 0.717) is 18.8 Å². The van der Waals surface area contributed by atoms with Gasteiger partial charge in [0.15, 0.2) is 22.3 Å². The number of hydrogen-bond acceptors (Lipinski definition) is 7. The maximum atomic E-state index is 12.7. The molecule has 1 saturated heterocycles. The summed E-state index contributed by atoms with van der Waals surface area (Å²) in [6.45, 7) is 1.58. The van der Waals surface area contributed by atoms with Crippen molar-refractivity contribution in [2.24, 2.45) is 0 Å². The number of esters is 1. The fourth-order valence-electron chi connectivity index (χ4n) is 3.86. The number of nitrogens with zero attached hydrogens (tertiary/aromatic N) is 4. The minimum absolute atomic E-state index is 0.0599. The summed E-state index contributed by atoms with van der Waals surface area (Å²) in [5, 5.41) is 4.32. The molecule has 2 heterocycles. The molecule has 1 unspecified atom stereocenters. The van der Waals surface area contributed by atoms with Crippen LogP contribution in [0.15, 0.2) is 60.7 Å². The number of hydrogen-bond donors (Lipinski definition) is 0. The van der Waals surface area contributed by atoms with Crippen LogP contribution in [0.2, 0.25) is 0 Å². The second kappa shape index (κ2) is 9.53. The van der Waals surface area contributed by atoms with Crippen LogP contribution in [-0.2, 0) is 19.4 Å². The third kappa shape index (κ3) is 5.11. The Morgan fingerprint density at radius 1 is 1.09 bits per heavy atom.